The highest BCUT2D eigenvalue weighted by atomic mass is 16.1. The third kappa shape index (κ3) is 6.38. The molecule has 0 spiro atoms. The van der Waals surface area contributed by atoms with Gasteiger partial charge in [-0.3, -0.25) is 4.79 Å². The lowest BCUT2D eigenvalue weighted by molar-refractivity contribution is 0.317. The molecule has 0 saturated heterocycles. The molecule has 1 nitrogen and oxygen atoms in total. The molecule has 0 saturated carbocycles. The minimum Gasteiger partial charge on any atom is -0.291 e. The molecule has 0 aliphatic carbocycles. The lowest BCUT2D eigenvalue weighted by atomic mass is 9.83. The summed E-state index contributed by atoms with van der Waals surface area (Å²) < 4.78 is 0. The lowest BCUT2D eigenvalue weighted by Crippen LogP contribution is -2.14. The molecule has 1 heteroatoms. The van der Waals surface area contributed by atoms with Gasteiger partial charge in [-0.1, -0.05) is 40.5 Å². The van der Waals surface area contributed by atoms with Crippen molar-refractivity contribution >= 4 is 6.29 Å². The van der Waals surface area contributed by atoms with E-state index in [4.69, 9.17) is 0 Å². The highest BCUT2D eigenvalue weighted by molar-refractivity contribution is 5.54. The van der Waals surface area contributed by atoms with Crippen molar-refractivity contribution in [2.45, 2.75) is 53.4 Å². The van der Waals surface area contributed by atoms with Crippen LogP contribution in [0.4, 0.5) is 0 Å². The van der Waals surface area contributed by atoms with E-state index in [2.05, 4.69) is 34.0 Å². The molecule has 0 aliphatic rings. The Balaban J connectivity index is 3.75. The summed E-state index contributed by atoms with van der Waals surface area (Å²) in [6.07, 6.45) is 6.44. The molecule has 0 aromatic rings. The summed E-state index contributed by atoms with van der Waals surface area (Å²) in [6, 6.07) is 0. The number of hydrogen-bond acceptors (Lipinski definition) is 1. The van der Waals surface area contributed by atoms with Gasteiger partial charge in [-0.25, -0.2) is 0 Å². The van der Waals surface area contributed by atoms with Crippen LogP contribution in [-0.4, -0.2) is 6.29 Å². The van der Waals surface area contributed by atoms with Gasteiger partial charge in [0.25, 0.3) is 0 Å². The second-order valence-corrected chi connectivity index (χ2v) is 4.72. The zero-order valence-corrected chi connectivity index (χ0v) is 8.81. The van der Waals surface area contributed by atoms with E-state index in [1.54, 1.807) is 0 Å². The number of rotatable bonds is 5. The van der Waals surface area contributed by atoms with Crippen molar-refractivity contribution in [1.82, 2.24) is 0 Å². The van der Waals surface area contributed by atoms with E-state index in [-0.39, 0.29) is 11.3 Å². The molecule has 0 rings (SSSR count). The van der Waals surface area contributed by atoms with E-state index in [0.29, 0.717) is 0 Å². The maximum atomic E-state index is 10.6. The van der Waals surface area contributed by atoms with Crippen LogP contribution in [0.25, 0.3) is 0 Å². The molecule has 71 valence electrons. The Morgan fingerprint density at radius 2 is 1.92 bits per heavy atom. The van der Waals surface area contributed by atoms with E-state index < -0.39 is 0 Å². The van der Waals surface area contributed by atoms with E-state index in [0.717, 1.165) is 19.3 Å². The topological polar surface area (TPSA) is 17.1 Å². The molecule has 1 unspecified atom stereocenters. The number of unbranched alkanes of at least 4 members (excludes halogenated alkanes) is 1. The summed E-state index contributed by atoms with van der Waals surface area (Å²) in [7, 11) is 0. The Kier molecular flexibility index (Phi) is 5.19. The van der Waals surface area contributed by atoms with E-state index >= 15 is 0 Å². The molecule has 1 atom stereocenters. The lowest BCUT2D eigenvalue weighted by Gasteiger charge is -2.21. The predicted octanol–water partition coefficient (Wildman–Crippen LogP) is 3.34. The van der Waals surface area contributed by atoms with Crippen LogP contribution in [0.1, 0.15) is 53.4 Å². The van der Waals surface area contributed by atoms with Crippen LogP contribution < -0.4 is 0 Å². The molecule has 0 aromatic carbocycles. The highest BCUT2D eigenvalue weighted by Crippen LogP contribution is 2.26. The predicted molar refractivity (Wildman–Crippen MR) is 52.8 cm³/mol. The fourth-order valence-electron chi connectivity index (χ4n) is 1.39. The SMILES string of the molecule is CCCCC([C]=O)CC(C)(C)C. The van der Waals surface area contributed by atoms with Crippen LogP contribution in [-0.2, 0) is 4.79 Å². The molecule has 0 aliphatic heterocycles. The number of carbonyl (C=O) groups excluding carboxylic acids is 1. The Morgan fingerprint density at radius 1 is 1.33 bits per heavy atom. The van der Waals surface area contributed by atoms with E-state index in [1.165, 1.54) is 6.42 Å². The van der Waals surface area contributed by atoms with Gasteiger partial charge in [0.05, 0.1) is 0 Å². The van der Waals surface area contributed by atoms with Crippen molar-refractivity contribution in [1.29, 1.82) is 0 Å². The van der Waals surface area contributed by atoms with Gasteiger partial charge in [-0.15, -0.1) is 0 Å². The zero-order valence-electron chi connectivity index (χ0n) is 8.81. The van der Waals surface area contributed by atoms with Crippen LogP contribution in [0.15, 0.2) is 0 Å². The van der Waals surface area contributed by atoms with Crippen molar-refractivity contribution in [3.63, 3.8) is 0 Å². The standard InChI is InChI=1S/C11H21O/c1-5-6-7-10(9-12)8-11(2,3)4/h10H,5-8H2,1-4H3. The monoisotopic (exact) mass is 169 g/mol. The van der Waals surface area contributed by atoms with Gasteiger partial charge >= 0.3 is 0 Å². The van der Waals surface area contributed by atoms with Gasteiger partial charge in [0.1, 0.15) is 0 Å². The van der Waals surface area contributed by atoms with Crippen LogP contribution in [0.5, 0.6) is 0 Å². The van der Waals surface area contributed by atoms with Crippen molar-refractivity contribution in [3.05, 3.63) is 0 Å². The molecule has 0 amide bonds. The van der Waals surface area contributed by atoms with Crippen molar-refractivity contribution in [2.75, 3.05) is 0 Å². The van der Waals surface area contributed by atoms with Crippen molar-refractivity contribution < 1.29 is 4.79 Å². The van der Waals surface area contributed by atoms with Gasteiger partial charge in [0, 0.05) is 5.92 Å². The first-order chi connectivity index (χ1) is 5.49. The third-order valence-corrected chi connectivity index (χ3v) is 1.93. The molecule has 0 N–H and O–H groups in total. The van der Waals surface area contributed by atoms with Crippen LogP contribution in [0.3, 0.4) is 0 Å². The Hall–Kier alpha value is -0.330. The smallest absolute Gasteiger partial charge is 0.201 e. The molecular formula is C11H21O. The quantitative estimate of drug-likeness (QED) is 0.617. The average Bonchev–Trinajstić information content (AvgIpc) is 1.95. The summed E-state index contributed by atoms with van der Waals surface area (Å²) in [4.78, 5) is 10.6. The summed E-state index contributed by atoms with van der Waals surface area (Å²) >= 11 is 0. The molecular weight excluding hydrogens is 148 g/mol. The first kappa shape index (κ1) is 11.7. The Morgan fingerprint density at radius 3 is 2.25 bits per heavy atom. The van der Waals surface area contributed by atoms with Crippen molar-refractivity contribution in [3.8, 4) is 0 Å². The van der Waals surface area contributed by atoms with Crippen LogP contribution in [0, 0.1) is 11.3 Å². The Labute approximate surface area is 76.6 Å². The largest absolute Gasteiger partial charge is 0.291 e. The number of hydrogen-bond donors (Lipinski definition) is 0. The third-order valence-electron chi connectivity index (χ3n) is 1.93. The average molecular weight is 169 g/mol. The minimum atomic E-state index is 0.157. The second kappa shape index (κ2) is 5.34. The van der Waals surface area contributed by atoms with Crippen molar-refractivity contribution in [2.24, 2.45) is 11.3 Å². The normalized spacial score (nSPS) is 14.3. The van der Waals surface area contributed by atoms with Crippen LogP contribution in [0.2, 0.25) is 0 Å². The maximum Gasteiger partial charge on any atom is 0.201 e. The molecule has 0 heterocycles. The summed E-state index contributed by atoms with van der Waals surface area (Å²) in [6.45, 7) is 8.66. The van der Waals surface area contributed by atoms with Gasteiger partial charge in [-0.05, 0) is 18.3 Å². The van der Waals surface area contributed by atoms with Gasteiger partial charge in [-0.2, -0.15) is 0 Å². The minimum absolute atomic E-state index is 0.157. The molecule has 12 heavy (non-hydrogen) atoms. The molecule has 0 bridgehead atoms. The fraction of sp³-hybridized carbons (Fsp3) is 0.909. The second-order valence-electron chi connectivity index (χ2n) is 4.72. The highest BCUT2D eigenvalue weighted by Gasteiger charge is 2.18. The summed E-state index contributed by atoms with van der Waals surface area (Å²) in [5, 5.41) is 0. The molecule has 0 fully saturated rings. The zero-order chi connectivity index (χ0) is 9.61. The van der Waals surface area contributed by atoms with E-state index in [1.807, 2.05) is 0 Å². The fourth-order valence-corrected chi connectivity index (χ4v) is 1.39. The van der Waals surface area contributed by atoms with Crippen LogP contribution >= 0.6 is 0 Å². The molecule has 1 radical (unpaired) electrons. The Bertz CT molecular complexity index is 121. The van der Waals surface area contributed by atoms with Gasteiger partial charge in [0.15, 0.2) is 0 Å². The van der Waals surface area contributed by atoms with Gasteiger partial charge in [0.2, 0.25) is 6.29 Å². The summed E-state index contributed by atoms with van der Waals surface area (Å²) in [5.74, 6) is 0.157. The van der Waals surface area contributed by atoms with Gasteiger partial charge < -0.3 is 0 Å². The maximum absolute atomic E-state index is 10.6. The molecule has 0 aromatic heterocycles. The van der Waals surface area contributed by atoms with E-state index in [9.17, 15) is 4.79 Å². The summed E-state index contributed by atoms with van der Waals surface area (Å²) in [5.41, 5.74) is 0.260. The first-order valence-electron chi connectivity index (χ1n) is 4.87. The first-order valence-corrected chi connectivity index (χ1v) is 4.87.